The highest BCUT2D eigenvalue weighted by Crippen LogP contribution is 2.34. The van der Waals surface area contributed by atoms with Crippen LogP contribution in [0.25, 0.3) is 0 Å². The maximum atomic E-state index is 11.4. The predicted octanol–water partition coefficient (Wildman–Crippen LogP) is 1.44. The molecule has 1 amide bonds. The van der Waals surface area contributed by atoms with E-state index in [-0.39, 0.29) is 18.5 Å². The van der Waals surface area contributed by atoms with Crippen molar-refractivity contribution in [1.29, 1.82) is 0 Å². The van der Waals surface area contributed by atoms with Crippen molar-refractivity contribution in [3.63, 3.8) is 0 Å². The summed E-state index contributed by atoms with van der Waals surface area (Å²) < 4.78 is 5.33. The lowest BCUT2D eigenvalue weighted by molar-refractivity contribution is -0.155. The molecular formula is C13H15NO4. The smallest absolute Gasteiger partial charge is 0.323 e. The normalized spacial score (nSPS) is 18.4. The van der Waals surface area contributed by atoms with Crippen LogP contribution < -0.4 is 4.74 Å². The summed E-state index contributed by atoms with van der Waals surface area (Å²) in [6.45, 7) is 2.27. The maximum Gasteiger partial charge on any atom is 0.323 e. The number of carbonyl (C=O) groups is 2. The molecule has 2 rings (SSSR count). The number of carbonyl (C=O) groups excluding carboxylic acids is 1. The lowest BCUT2D eigenvalue weighted by Gasteiger charge is -2.39. The van der Waals surface area contributed by atoms with Crippen LogP contribution in [0.2, 0.25) is 0 Å². The highest BCUT2D eigenvalue weighted by molar-refractivity contribution is 5.87. The van der Waals surface area contributed by atoms with Crippen molar-refractivity contribution >= 4 is 11.9 Å². The number of carboxylic acid groups (broad SMARTS) is 1. The molecule has 1 aromatic carbocycles. The number of β-lactam (4-membered cyclic amide) rings is 1. The monoisotopic (exact) mass is 249 g/mol. The van der Waals surface area contributed by atoms with Crippen LogP contribution in [-0.4, -0.2) is 35.0 Å². The third-order valence-electron chi connectivity index (χ3n) is 2.95. The average Bonchev–Trinajstić information content (AvgIpc) is 2.35. The minimum Gasteiger partial charge on any atom is -0.494 e. The molecule has 1 heterocycles. The van der Waals surface area contributed by atoms with Gasteiger partial charge in [-0.2, -0.15) is 0 Å². The maximum absolute atomic E-state index is 11.4. The Balaban J connectivity index is 2.07. The number of likely N-dealkylation sites (tertiary alicyclic amines) is 1. The van der Waals surface area contributed by atoms with Crippen molar-refractivity contribution in [1.82, 2.24) is 4.90 Å². The number of hydrogen-bond donors (Lipinski definition) is 1. The molecular weight excluding hydrogens is 234 g/mol. The quantitative estimate of drug-likeness (QED) is 0.802. The Morgan fingerprint density at radius 1 is 1.44 bits per heavy atom. The average molecular weight is 249 g/mol. The summed E-state index contributed by atoms with van der Waals surface area (Å²) in [5.74, 6) is -0.327. The molecule has 0 radical (unpaired) electrons. The van der Waals surface area contributed by atoms with Crippen LogP contribution in [0.4, 0.5) is 0 Å². The molecule has 1 aliphatic heterocycles. The van der Waals surface area contributed by atoms with Crippen molar-refractivity contribution in [2.24, 2.45) is 0 Å². The van der Waals surface area contributed by atoms with Gasteiger partial charge in [0.2, 0.25) is 5.91 Å². The van der Waals surface area contributed by atoms with Gasteiger partial charge < -0.3 is 14.7 Å². The van der Waals surface area contributed by atoms with E-state index in [4.69, 9.17) is 9.84 Å². The van der Waals surface area contributed by atoms with Crippen LogP contribution >= 0.6 is 0 Å². The summed E-state index contributed by atoms with van der Waals surface area (Å²) in [6.07, 6.45) is 0.376. The van der Waals surface area contributed by atoms with E-state index in [2.05, 4.69) is 0 Å². The second kappa shape index (κ2) is 5.08. The van der Waals surface area contributed by atoms with E-state index in [0.29, 0.717) is 13.0 Å². The van der Waals surface area contributed by atoms with E-state index in [1.807, 2.05) is 31.2 Å². The fourth-order valence-corrected chi connectivity index (χ4v) is 2.05. The van der Waals surface area contributed by atoms with Gasteiger partial charge in [0, 0.05) is 0 Å². The molecule has 1 N–H and O–H groups in total. The largest absolute Gasteiger partial charge is 0.494 e. The van der Waals surface area contributed by atoms with Gasteiger partial charge in [0.15, 0.2) is 0 Å². The zero-order valence-electron chi connectivity index (χ0n) is 10.1. The predicted molar refractivity (Wildman–Crippen MR) is 64.3 cm³/mol. The first-order valence-electron chi connectivity index (χ1n) is 5.86. The topological polar surface area (TPSA) is 66.8 Å². The fourth-order valence-electron chi connectivity index (χ4n) is 2.05. The Bertz CT molecular complexity index is 455. The summed E-state index contributed by atoms with van der Waals surface area (Å²) in [5.41, 5.74) is 0.944. The Hall–Kier alpha value is -2.04. The molecule has 18 heavy (non-hydrogen) atoms. The van der Waals surface area contributed by atoms with Crippen LogP contribution in [-0.2, 0) is 9.59 Å². The van der Waals surface area contributed by atoms with Crippen molar-refractivity contribution in [3.05, 3.63) is 29.8 Å². The minimum atomic E-state index is -0.987. The summed E-state index contributed by atoms with van der Waals surface area (Å²) in [6, 6.07) is 7.29. The number of amides is 1. The Labute approximate surface area is 105 Å². The van der Waals surface area contributed by atoms with Gasteiger partial charge in [-0.15, -0.1) is 0 Å². The SMILES string of the molecule is CCOc1ccc(C2CC(=O)N2CC(=O)O)cc1. The molecule has 5 heteroatoms. The molecule has 0 aliphatic carbocycles. The van der Waals surface area contributed by atoms with Crippen LogP contribution in [0, 0.1) is 0 Å². The van der Waals surface area contributed by atoms with E-state index in [0.717, 1.165) is 11.3 Å². The lowest BCUT2D eigenvalue weighted by atomic mass is 9.94. The van der Waals surface area contributed by atoms with Gasteiger partial charge in [-0.05, 0) is 24.6 Å². The zero-order chi connectivity index (χ0) is 13.1. The Morgan fingerprint density at radius 3 is 2.61 bits per heavy atom. The van der Waals surface area contributed by atoms with Crippen LogP contribution in [0.3, 0.4) is 0 Å². The van der Waals surface area contributed by atoms with Gasteiger partial charge in [-0.25, -0.2) is 0 Å². The number of ether oxygens (including phenoxy) is 1. The van der Waals surface area contributed by atoms with Gasteiger partial charge in [0.1, 0.15) is 12.3 Å². The molecule has 0 spiro atoms. The van der Waals surface area contributed by atoms with Crippen molar-refractivity contribution < 1.29 is 19.4 Å². The number of benzene rings is 1. The molecule has 1 fully saturated rings. The Kier molecular flexibility index (Phi) is 3.50. The van der Waals surface area contributed by atoms with Gasteiger partial charge in [-0.1, -0.05) is 12.1 Å². The summed E-state index contributed by atoms with van der Waals surface area (Å²) >= 11 is 0. The lowest BCUT2D eigenvalue weighted by Crippen LogP contribution is -2.48. The number of nitrogens with zero attached hydrogens (tertiary/aromatic N) is 1. The van der Waals surface area contributed by atoms with E-state index >= 15 is 0 Å². The third-order valence-corrected chi connectivity index (χ3v) is 2.95. The molecule has 0 aromatic heterocycles. The minimum absolute atomic E-state index is 0.115. The van der Waals surface area contributed by atoms with Crippen LogP contribution in [0.5, 0.6) is 5.75 Å². The van der Waals surface area contributed by atoms with E-state index in [1.54, 1.807) is 0 Å². The van der Waals surface area contributed by atoms with E-state index < -0.39 is 5.97 Å². The first-order chi connectivity index (χ1) is 8.61. The molecule has 0 saturated carbocycles. The highest BCUT2D eigenvalue weighted by atomic mass is 16.5. The molecule has 1 unspecified atom stereocenters. The molecule has 1 aliphatic rings. The van der Waals surface area contributed by atoms with Gasteiger partial charge >= 0.3 is 5.97 Å². The highest BCUT2D eigenvalue weighted by Gasteiger charge is 2.38. The molecule has 0 bridgehead atoms. The number of hydrogen-bond acceptors (Lipinski definition) is 3. The van der Waals surface area contributed by atoms with Crippen molar-refractivity contribution in [2.45, 2.75) is 19.4 Å². The molecule has 1 aromatic rings. The number of aliphatic carboxylic acids is 1. The number of carboxylic acids is 1. The molecule has 96 valence electrons. The number of rotatable bonds is 5. The summed E-state index contributed by atoms with van der Waals surface area (Å²) in [4.78, 5) is 23.4. The fraction of sp³-hybridized carbons (Fsp3) is 0.385. The second-order valence-corrected chi connectivity index (χ2v) is 4.14. The van der Waals surface area contributed by atoms with E-state index in [9.17, 15) is 9.59 Å². The Morgan fingerprint density at radius 2 is 2.11 bits per heavy atom. The van der Waals surface area contributed by atoms with Gasteiger partial charge in [0.25, 0.3) is 0 Å². The van der Waals surface area contributed by atoms with Gasteiger partial charge in [0.05, 0.1) is 19.1 Å². The molecule has 1 atom stereocenters. The first kappa shape index (κ1) is 12.4. The zero-order valence-corrected chi connectivity index (χ0v) is 10.1. The summed E-state index contributed by atoms with van der Waals surface area (Å²) in [7, 11) is 0. The molecule has 1 saturated heterocycles. The third kappa shape index (κ3) is 2.45. The first-order valence-corrected chi connectivity index (χ1v) is 5.86. The second-order valence-electron chi connectivity index (χ2n) is 4.14. The van der Waals surface area contributed by atoms with E-state index in [1.165, 1.54) is 4.90 Å². The summed E-state index contributed by atoms with van der Waals surface area (Å²) in [5, 5.41) is 8.73. The molecule has 5 nitrogen and oxygen atoms in total. The van der Waals surface area contributed by atoms with Crippen LogP contribution in [0.15, 0.2) is 24.3 Å². The van der Waals surface area contributed by atoms with Gasteiger partial charge in [-0.3, -0.25) is 9.59 Å². The standard InChI is InChI=1S/C13H15NO4/c1-2-18-10-5-3-9(4-6-10)11-7-12(15)14(11)8-13(16)17/h3-6,11H,2,7-8H2,1H3,(H,16,17). The van der Waals surface area contributed by atoms with Crippen molar-refractivity contribution in [2.75, 3.05) is 13.2 Å². The van der Waals surface area contributed by atoms with Crippen molar-refractivity contribution in [3.8, 4) is 5.75 Å². The van der Waals surface area contributed by atoms with Crippen LogP contribution in [0.1, 0.15) is 24.9 Å².